The number of hydrogen-bond donors (Lipinski definition) is 1. The van der Waals surface area contributed by atoms with Crippen molar-refractivity contribution < 1.29 is 4.74 Å². The van der Waals surface area contributed by atoms with Crippen LogP contribution in [-0.4, -0.2) is 17.6 Å². The fraction of sp³-hybridized carbons (Fsp3) is 0.615. The number of rotatable bonds is 4. The van der Waals surface area contributed by atoms with Gasteiger partial charge in [0.1, 0.15) is 0 Å². The zero-order valence-electron chi connectivity index (χ0n) is 10.1. The van der Waals surface area contributed by atoms with Crippen LogP contribution in [0.4, 0.5) is 0 Å². The quantitative estimate of drug-likeness (QED) is 0.846. The molecule has 0 unspecified atom stereocenters. The average Bonchev–Trinajstić information content (AvgIpc) is 2.74. The zero-order valence-corrected chi connectivity index (χ0v) is 10.1. The van der Waals surface area contributed by atoms with Gasteiger partial charge in [-0.3, -0.25) is 0 Å². The third-order valence-corrected chi connectivity index (χ3v) is 3.46. The summed E-state index contributed by atoms with van der Waals surface area (Å²) in [6.07, 6.45) is 6.99. The summed E-state index contributed by atoms with van der Waals surface area (Å²) in [4.78, 5) is 4.20. The number of methoxy groups -OCH3 is 1. The first-order valence-electron chi connectivity index (χ1n) is 5.96. The molecule has 0 aliphatic heterocycles. The first-order chi connectivity index (χ1) is 7.73. The van der Waals surface area contributed by atoms with Crippen molar-refractivity contribution in [3.8, 4) is 5.88 Å². The molecule has 3 nitrogen and oxygen atoms in total. The molecule has 0 bridgehead atoms. The monoisotopic (exact) mass is 220 g/mol. The van der Waals surface area contributed by atoms with E-state index in [4.69, 9.17) is 4.74 Å². The second-order valence-corrected chi connectivity index (χ2v) is 4.79. The van der Waals surface area contributed by atoms with E-state index in [1.165, 1.54) is 25.7 Å². The van der Waals surface area contributed by atoms with Crippen LogP contribution >= 0.6 is 0 Å². The predicted octanol–water partition coefficient (Wildman–Crippen LogP) is 2.51. The second kappa shape index (κ2) is 4.83. The van der Waals surface area contributed by atoms with Gasteiger partial charge in [-0.1, -0.05) is 18.9 Å². The third kappa shape index (κ3) is 2.53. The lowest BCUT2D eigenvalue weighted by Crippen LogP contribution is -2.38. The minimum absolute atomic E-state index is 0.306. The standard InChI is InChI=1S/C13H20N2O/c1-13(7-3-4-8-13)15-10-11-6-5-9-14-12(11)16-2/h5-6,9,15H,3-4,7-8,10H2,1-2H3. The van der Waals surface area contributed by atoms with Gasteiger partial charge < -0.3 is 10.1 Å². The highest BCUT2D eigenvalue weighted by Crippen LogP contribution is 2.29. The van der Waals surface area contributed by atoms with Crippen molar-refractivity contribution in [3.05, 3.63) is 23.9 Å². The maximum Gasteiger partial charge on any atom is 0.217 e. The molecule has 0 spiro atoms. The summed E-state index contributed by atoms with van der Waals surface area (Å²) in [5.74, 6) is 0.733. The van der Waals surface area contributed by atoms with Gasteiger partial charge in [-0.15, -0.1) is 0 Å². The fourth-order valence-electron chi connectivity index (χ4n) is 2.38. The summed E-state index contributed by atoms with van der Waals surface area (Å²) < 4.78 is 5.24. The van der Waals surface area contributed by atoms with E-state index in [0.717, 1.165) is 18.0 Å². The van der Waals surface area contributed by atoms with Crippen molar-refractivity contribution in [2.24, 2.45) is 0 Å². The van der Waals surface area contributed by atoms with Gasteiger partial charge in [0.15, 0.2) is 0 Å². The van der Waals surface area contributed by atoms with E-state index in [1.807, 2.05) is 6.07 Å². The predicted molar refractivity (Wildman–Crippen MR) is 64.5 cm³/mol. The van der Waals surface area contributed by atoms with Gasteiger partial charge in [0.05, 0.1) is 7.11 Å². The molecule has 1 aliphatic rings. The molecule has 88 valence electrons. The molecule has 1 heterocycles. The van der Waals surface area contributed by atoms with Crippen molar-refractivity contribution in [1.29, 1.82) is 0 Å². The van der Waals surface area contributed by atoms with Crippen LogP contribution in [0.15, 0.2) is 18.3 Å². The van der Waals surface area contributed by atoms with Crippen molar-refractivity contribution in [3.63, 3.8) is 0 Å². The van der Waals surface area contributed by atoms with Crippen molar-refractivity contribution in [1.82, 2.24) is 10.3 Å². The first-order valence-corrected chi connectivity index (χ1v) is 5.96. The highest BCUT2D eigenvalue weighted by molar-refractivity contribution is 5.25. The van der Waals surface area contributed by atoms with Gasteiger partial charge in [0.25, 0.3) is 0 Å². The Hall–Kier alpha value is -1.09. The molecule has 0 radical (unpaired) electrons. The lowest BCUT2D eigenvalue weighted by molar-refractivity contribution is 0.350. The van der Waals surface area contributed by atoms with Gasteiger partial charge in [0, 0.05) is 23.8 Å². The van der Waals surface area contributed by atoms with Crippen LogP contribution in [0.25, 0.3) is 0 Å². The lowest BCUT2D eigenvalue weighted by atomic mass is 10.0. The van der Waals surface area contributed by atoms with Crippen LogP contribution in [0.2, 0.25) is 0 Å². The zero-order chi connectivity index (χ0) is 11.4. The molecule has 16 heavy (non-hydrogen) atoms. The number of ether oxygens (including phenoxy) is 1. The third-order valence-electron chi connectivity index (χ3n) is 3.46. The van der Waals surface area contributed by atoms with E-state index in [1.54, 1.807) is 13.3 Å². The Morgan fingerprint density at radius 2 is 2.19 bits per heavy atom. The van der Waals surface area contributed by atoms with Gasteiger partial charge in [-0.05, 0) is 25.8 Å². The number of aromatic nitrogens is 1. The summed E-state index contributed by atoms with van der Waals surface area (Å²) in [5.41, 5.74) is 1.44. The minimum atomic E-state index is 0.306. The Kier molecular flexibility index (Phi) is 3.44. The molecule has 1 aliphatic carbocycles. The molecular formula is C13H20N2O. The second-order valence-electron chi connectivity index (χ2n) is 4.79. The number of nitrogens with zero attached hydrogens (tertiary/aromatic N) is 1. The van der Waals surface area contributed by atoms with E-state index in [2.05, 4.69) is 23.3 Å². The normalized spacial score (nSPS) is 18.6. The molecule has 1 fully saturated rings. The average molecular weight is 220 g/mol. The van der Waals surface area contributed by atoms with Gasteiger partial charge >= 0.3 is 0 Å². The molecule has 1 aromatic heterocycles. The van der Waals surface area contributed by atoms with E-state index >= 15 is 0 Å². The maximum atomic E-state index is 5.24. The van der Waals surface area contributed by atoms with Crippen LogP contribution in [0, 0.1) is 0 Å². The highest BCUT2D eigenvalue weighted by Gasteiger charge is 2.27. The maximum absolute atomic E-state index is 5.24. The molecule has 0 saturated heterocycles. The van der Waals surface area contributed by atoms with Crippen LogP contribution in [0.3, 0.4) is 0 Å². The van der Waals surface area contributed by atoms with E-state index in [0.29, 0.717) is 5.54 Å². The van der Waals surface area contributed by atoms with Crippen LogP contribution in [-0.2, 0) is 6.54 Å². The first kappa shape index (κ1) is 11.4. The molecule has 0 amide bonds. The van der Waals surface area contributed by atoms with Crippen molar-refractivity contribution in [2.45, 2.75) is 44.7 Å². The topological polar surface area (TPSA) is 34.1 Å². The van der Waals surface area contributed by atoms with Gasteiger partial charge in [-0.25, -0.2) is 4.98 Å². The highest BCUT2D eigenvalue weighted by atomic mass is 16.5. The Morgan fingerprint density at radius 3 is 2.88 bits per heavy atom. The number of hydrogen-bond acceptors (Lipinski definition) is 3. The number of nitrogens with one attached hydrogen (secondary N) is 1. The molecule has 3 heteroatoms. The Labute approximate surface area is 97.2 Å². The Balaban J connectivity index is 1.98. The summed E-state index contributed by atoms with van der Waals surface area (Å²) in [6, 6.07) is 4.02. The van der Waals surface area contributed by atoms with Gasteiger partial charge in [-0.2, -0.15) is 0 Å². The molecule has 1 aromatic rings. The molecule has 1 saturated carbocycles. The van der Waals surface area contributed by atoms with Crippen molar-refractivity contribution >= 4 is 0 Å². The summed E-state index contributed by atoms with van der Waals surface area (Å²) in [5, 5.41) is 3.63. The summed E-state index contributed by atoms with van der Waals surface area (Å²) >= 11 is 0. The van der Waals surface area contributed by atoms with E-state index < -0.39 is 0 Å². The van der Waals surface area contributed by atoms with E-state index in [-0.39, 0.29) is 0 Å². The SMILES string of the molecule is COc1ncccc1CNC1(C)CCCC1. The molecule has 0 aromatic carbocycles. The fourth-order valence-corrected chi connectivity index (χ4v) is 2.38. The molecular weight excluding hydrogens is 200 g/mol. The molecule has 1 N–H and O–H groups in total. The summed E-state index contributed by atoms with van der Waals surface area (Å²) in [7, 11) is 1.67. The molecule has 2 rings (SSSR count). The van der Waals surface area contributed by atoms with Crippen LogP contribution in [0.5, 0.6) is 5.88 Å². The summed E-state index contributed by atoms with van der Waals surface area (Å²) in [6.45, 7) is 3.15. The van der Waals surface area contributed by atoms with E-state index in [9.17, 15) is 0 Å². The van der Waals surface area contributed by atoms with Gasteiger partial charge in [0.2, 0.25) is 5.88 Å². The van der Waals surface area contributed by atoms with Crippen LogP contribution < -0.4 is 10.1 Å². The molecule has 0 atom stereocenters. The Morgan fingerprint density at radius 1 is 1.44 bits per heavy atom. The van der Waals surface area contributed by atoms with Crippen LogP contribution in [0.1, 0.15) is 38.2 Å². The number of pyridine rings is 1. The Bertz CT molecular complexity index is 346. The minimum Gasteiger partial charge on any atom is -0.481 e. The van der Waals surface area contributed by atoms with Crippen molar-refractivity contribution in [2.75, 3.05) is 7.11 Å². The smallest absolute Gasteiger partial charge is 0.217 e. The largest absolute Gasteiger partial charge is 0.481 e. The lowest BCUT2D eigenvalue weighted by Gasteiger charge is -2.25.